The fraction of sp³-hybridized carbons (Fsp3) is 0.571. The van der Waals surface area contributed by atoms with Crippen molar-refractivity contribution in [2.45, 2.75) is 20.0 Å². The van der Waals surface area contributed by atoms with Gasteiger partial charge in [0, 0.05) is 13.5 Å². The molecule has 13 heavy (non-hydrogen) atoms. The summed E-state index contributed by atoms with van der Waals surface area (Å²) in [5, 5.41) is 14.7. The molecule has 1 heterocycles. The minimum atomic E-state index is -0.586. The maximum Gasteiger partial charge on any atom is 0.292 e. The van der Waals surface area contributed by atoms with Crippen LogP contribution in [-0.2, 0) is 0 Å². The highest BCUT2D eigenvalue weighted by atomic mass is 16.5. The molecule has 2 N–H and O–H groups in total. The molecule has 0 aliphatic heterocycles. The lowest BCUT2D eigenvalue weighted by Gasteiger charge is -2.03. The summed E-state index contributed by atoms with van der Waals surface area (Å²) in [6.07, 6.45) is -0.586. The predicted molar refractivity (Wildman–Crippen MR) is 43.0 cm³/mol. The Morgan fingerprint density at radius 3 is 2.92 bits per heavy atom. The third-order valence-corrected chi connectivity index (χ3v) is 1.29. The number of hydrogen-bond acceptors (Lipinski definition) is 5. The Balaban J connectivity index is 2.49. The molecule has 0 fully saturated rings. The maximum atomic E-state index is 11.2. The number of aliphatic hydroxyl groups excluding tert-OH is 1. The largest absolute Gasteiger partial charge is 0.392 e. The van der Waals surface area contributed by atoms with Gasteiger partial charge in [0.05, 0.1) is 6.10 Å². The second-order valence-corrected chi connectivity index (χ2v) is 2.70. The van der Waals surface area contributed by atoms with Crippen molar-refractivity contribution in [3.8, 4) is 0 Å². The molecule has 1 rings (SSSR count). The molecule has 0 unspecified atom stereocenters. The van der Waals surface area contributed by atoms with E-state index < -0.39 is 12.0 Å². The van der Waals surface area contributed by atoms with E-state index >= 15 is 0 Å². The zero-order valence-electron chi connectivity index (χ0n) is 7.44. The van der Waals surface area contributed by atoms with Crippen LogP contribution in [0.3, 0.4) is 0 Å². The van der Waals surface area contributed by atoms with E-state index in [-0.39, 0.29) is 12.4 Å². The van der Waals surface area contributed by atoms with Gasteiger partial charge in [0.2, 0.25) is 5.89 Å². The standard InChI is InChI=1S/C7H11N3O3/c1-4(11)3-8-7(12)6-9-5(2)13-10-6/h4,11H,3H2,1-2H3,(H,8,12)/t4-/m0/s1. The molecule has 0 aliphatic carbocycles. The zero-order chi connectivity index (χ0) is 9.84. The third-order valence-electron chi connectivity index (χ3n) is 1.29. The van der Waals surface area contributed by atoms with Gasteiger partial charge < -0.3 is 14.9 Å². The molecule has 6 heteroatoms. The van der Waals surface area contributed by atoms with Crippen molar-refractivity contribution >= 4 is 5.91 Å². The summed E-state index contributed by atoms with van der Waals surface area (Å²) in [5.74, 6) is -0.127. The number of rotatable bonds is 3. The van der Waals surface area contributed by atoms with E-state index in [1.54, 1.807) is 13.8 Å². The molecule has 1 aromatic heterocycles. The smallest absolute Gasteiger partial charge is 0.292 e. The number of aliphatic hydroxyl groups is 1. The van der Waals surface area contributed by atoms with Gasteiger partial charge in [0.15, 0.2) is 0 Å². The average Bonchev–Trinajstić information content (AvgIpc) is 2.47. The van der Waals surface area contributed by atoms with E-state index in [0.717, 1.165) is 0 Å². The highest BCUT2D eigenvalue weighted by Crippen LogP contribution is 1.94. The molecule has 0 radical (unpaired) electrons. The van der Waals surface area contributed by atoms with Crippen LogP contribution in [0.15, 0.2) is 4.52 Å². The molecule has 0 aliphatic rings. The molecular formula is C7H11N3O3. The van der Waals surface area contributed by atoms with Gasteiger partial charge in [-0.1, -0.05) is 5.16 Å². The molecule has 1 atom stereocenters. The molecule has 72 valence electrons. The number of aryl methyl sites for hydroxylation is 1. The highest BCUT2D eigenvalue weighted by molar-refractivity contribution is 5.90. The Labute approximate surface area is 74.9 Å². The SMILES string of the molecule is Cc1nc(C(=O)NC[C@H](C)O)no1. The van der Waals surface area contributed by atoms with Crippen molar-refractivity contribution in [3.05, 3.63) is 11.7 Å². The van der Waals surface area contributed by atoms with E-state index in [1.807, 2.05) is 0 Å². The topological polar surface area (TPSA) is 88.2 Å². The first-order valence-electron chi connectivity index (χ1n) is 3.86. The van der Waals surface area contributed by atoms with Crippen molar-refractivity contribution < 1.29 is 14.4 Å². The summed E-state index contributed by atoms with van der Waals surface area (Å²) >= 11 is 0. The number of hydrogen-bond donors (Lipinski definition) is 2. The summed E-state index contributed by atoms with van der Waals surface area (Å²) in [7, 11) is 0. The molecule has 0 spiro atoms. The van der Waals surface area contributed by atoms with Crippen LogP contribution in [0.5, 0.6) is 0 Å². The van der Waals surface area contributed by atoms with Crippen molar-refractivity contribution in [2.24, 2.45) is 0 Å². The van der Waals surface area contributed by atoms with Gasteiger partial charge in [-0.2, -0.15) is 4.98 Å². The first-order chi connectivity index (χ1) is 6.09. The van der Waals surface area contributed by atoms with Crippen molar-refractivity contribution in [1.29, 1.82) is 0 Å². The van der Waals surface area contributed by atoms with Crippen LogP contribution in [0, 0.1) is 6.92 Å². The van der Waals surface area contributed by atoms with E-state index in [2.05, 4.69) is 20.0 Å². The highest BCUT2D eigenvalue weighted by Gasteiger charge is 2.12. The van der Waals surface area contributed by atoms with Crippen LogP contribution in [0.1, 0.15) is 23.4 Å². The maximum absolute atomic E-state index is 11.2. The number of nitrogens with one attached hydrogen (secondary N) is 1. The summed E-state index contributed by atoms with van der Waals surface area (Å²) in [6, 6.07) is 0. The zero-order valence-corrected chi connectivity index (χ0v) is 7.44. The van der Waals surface area contributed by atoms with E-state index in [4.69, 9.17) is 5.11 Å². The van der Waals surface area contributed by atoms with Gasteiger partial charge in [-0.05, 0) is 6.92 Å². The molecule has 6 nitrogen and oxygen atoms in total. The molecule has 0 aromatic carbocycles. The summed E-state index contributed by atoms with van der Waals surface area (Å²) in [6.45, 7) is 3.34. The monoisotopic (exact) mass is 185 g/mol. The number of amides is 1. The lowest BCUT2D eigenvalue weighted by Crippen LogP contribution is -2.31. The van der Waals surface area contributed by atoms with Crippen LogP contribution >= 0.6 is 0 Å². The second-order valence-electron chi connectivity index (χ2n) is 2.70. The van der Waals surface area contributed by atoms with Crippen molar-refractivity contribution in [1.82, 2.24) is 15.5 Å². The fourth-order valence-electron chi connectivity index (χ4n) is 0.711. The Bertz CT molecular complexity index is 295. The molecule has 1 aromatic rings. The molecular weight excluding hydrogens is 174 g/mol. The lowest BCUT2D eigenvalue weighted by molar-refractivity contribution is 0.0910. The first-order valence-corrected chi connectivity index (χ1v) is 3.86. The Kier molecular flexibility index (Phi) is 2.97. The summed E-state index contributed by atoms with van der Waals surface area (Å²) < 4.78 is 4.61. The number of nitrogens with zero attached hydrogens (tertiary/aromatic N) is 2. The number of carbonyl (C=O) groups excluding carboxylic acids is 1. The van der Waals surface area contributed by atoms with Crippen LogP contribution < -0.4 is 5.32 Å². The molecule has 1 amide bonds. The van der Waals surface area contributed by atoms with Gasteiger partial charge in [-0.3, -0.25) is 4.79 Å². The third kappa shape index (κ3) is 2.83. The number of aromatic nitrogens is 2. The first kappa shape index (κ1) is 9.66. The van der Waals surface area contributed by atoms with Gasteiger partial charge in [0.25, 0.3) is 11.7 Å². The minimum absolute atomic E-state index is 0.0156. The van der Waals surface area contributed by atoms with Gasteiger partial charge >= 0.3 is 0 Å². The van der Waals surface area contributed by atoms with Crippen molar-refractivity contribution in [3.63, 3.8) is 0 Å². The number of carbonyl (C=O) groups is 1. The Morgan fingerprint density at radius 1 is 1.77 bits per heavy atom. The van der Waals surface area contributed by atoms with E-state index in [9.17, 15) is 4.79 Å². The van der Waals surface area contributed by atoms with E-state index in [0.29, 0.717) is 5.89 Å². The molecule has 0 saturated heterocycles. The Morgan fingerprint density at radius 2 is 2.46 bits per heavy atom. The second kappa shape index (κ2) is 3.99. The van der Waals surface area contributed by atoms with Crippen LogP contribution in [0.25, 0.3) is 0 Å². The van der Waals surface area contributed by atoms with Gasteiger partial charge in [0.1, 0.15) is 0 Å². The quantitative estimate of drug-likeness (QED) is 0.662. The van der Waals surface area contributed by atoms with Crippen LogP contribution in [0.4, 0.5) is 0 Å². The van der Waals surface area contributed by atoms with Crippen molar-refractivity contribution in [2.75, 3.05) is 6.54 Å². The van der Waals surface area contributed by atoms with Crippen LogP contribution in [0.2, 0.25) is 0 Å². The lowest BCUT2D eigenvalue weighted by atomic mass is 10.4. The molecule has 0 saturated carbocycles. The Hall–Kier alpha value is -1.43. The fourth-order valence-corrected chi connectivity index (χ4v) is 0.711. The molecule has 0 bridgehead atoms. The average molecular weight is 185 g/mol. The minimum Gasteiger partial charge on any atom is -0.392 e. The summed E-state index contributed by atoms with van der Waals surface area (Å²) in [5.41, 5.74) is 0. The summed E-state index contributed by atoms with van der Waals surface area (Å²) in [4.78, 5) is 14.9. The van der Waals surface area contributed by atoms with Gasteiger partial charge in [-0.25, -0.2) is 0 Å². The van der Waals surface area contributed by atoms with Gasteiger partial charge in [-0.15, -0.1) is 0 Å². The normalized spacial score (nSPS) is 12.5. The van der Waals surface area contributed by atoms with E-state index in [1.165, 1.54) is 0 Å². The van der Waals surface area contributed by atoms with Crippen LogP contribution in [-0.4, -0.2) is 33.8 Å². The predicted octanol–water partition coefficient (Wildman–Crippen LogP) is -0.511.